The van der Waals surface area contributed by atoms with Crippen LogP contribution in [0.3, 0.4) is 0 Å². The molecule has 0 saturated heterocycles. The van der Waals surface area contributed by atoms with Crippen LogP contribution in [0.2, 0.25) is 0 Å². The topological polar surface area (TPSA) is 97.6 Å². The van der Waals surface area contributed by atoms with Crippen molar-refractivity contribution in [3.63, 3.8) is 0 Å². The molecule has 0 aromatic carbocycles. The smallest absolute Gasteiger partial charge is 0.341 e. The monoisotopic (exact) mass is 282 g/mol. The largest absolute Gasteiger partial charge is 0.477 e. The molecule has 7 heteroatoms. The lowest BCUT2D eigenvalue weighted by Crippen LogP contribution is -2.30. The standard InChI is InChI=1S/C13H18N2O5/c1-9-6-11(16)10(13(18)19)7-15(9)8-12(17)14-4-3-5-20-2/h6-7H,3-5,8H2,1-2H3,(H,14,17)(H,18,19). The van der Waals surface area contributed by atoms with E-state index in [0.29, 0.717) is 25.3 Å². The molecule has 2 N–H and O–H groups in total. The van der Waals surface area contributed by atoms with Gasteiger partial charge in [-0.25, -0.2) is 4.79 Å². The Morgan fingerprint density at radius 3 is 2.75 bits per heavy atom. The number of nitrogens with zero attached hydrogens (tertiary/aromatic N) is 1. The first kappa shape index (κ1) is 15.9. The van der Waals surface area contributed by atoms with Crippen molar-refractivity contribution in [2.75, 3.05) is 20.3 Å². The number of pyridine rings is 1. The van der Waals surface area contributed by atoms with Crippen molar-refractivity contribution in [3.05, 3.63) is 33.7 Å². The Morgan fingerprint density at radius 2 is 2.15 bits per heavy atom. The van der Waals surface area contributed by atoms with Crippen molar-refractivity contribution in [2.45, 2.75) is 19.9 Å². The molecular formula is C13H18N2O5. The van der Waals surface area contributed by atoms with Gasteiger partial charge < -0.3 is 19.7 Å². The van der Waals surface area contributed by atoms with Crippen LogP contribution < -0.4 is 10.7 Å². The van der Waals surface area contributed by atoms with E-state index in [1.54, 1.807) is 14.0 Å². The fraction of sp³-hybridized carbons (Fsp3) is 0.462. The maximum Gasteiger partial charge on any atom is 0.341 e. The minimum absolute atomic E-state index is 0.0284. The number of carboxylic acids is 1. The SMILES string of the molecule is COCCCNC(=O)Cn1cc(C(=O)O)c(=O)cc1C. The molecule has 1 rings (SSSR count). The highest BCUT2D eigenvalue weighted by atomic mass is 16.5. The van der Waals surface area contributed by atoms with E-state index in [4.69, 9.17) is 9.84 Å². The van der Waals surface area contributed by atoms with Gasteiger partial charge in [-0.3, -0.25) is 9.59 Å². The molecule has 0 saturated carbocycles. The number of nitrogens with one attached hydrogen (secondary N) is 1. The van der Waals surface area contributed by atoms with E-state index in [2.05, 4.69) is 5.32 Å². The van der Waals surface area contributed by atoms with Gasteiger partial charge in [-0.15, -0.1) is 0 Å². The fourth-order valence-corrected chi connectivity index (χ4v) is 1.66. The first-order valence-corrected chi connectivity index (χ1v) is 6.15. The number of carboxylic acid groups (broad SMARTS) is 1. The van der Waals surface area contributed by atoms with E-state index in [9.17, 15) is 14.4 Å². The molecule has 1 aromatic heterocycles. The minimum Gasteiger partial charge on any atom is -0.477 e. The number of amides is 1. The van der Waals surface area contributed by atoms with Gasteiger partial charge in [0.05, 0.1) is 0 Å². The maximum absolute atomic E-state index is 11.7. The van der Waals surface area contributed by atoms with Gasteiger partial charge in [-0.2, -0.15) is 0 Å². The number of hydrogen-bond donors (Lipinski definition) is 2. The number of ether oxygens (including phenoxy) is 1. The van der Waals surface area contributed by atoms with Gasteiger partial charge in [-0.1, -0.05) is 0 Å². The van der Waals surface area contributed by atoms with Crippen LogP contribution in [0.1, 0.15) is 22.5 Å². The lowest BCUT2D eigenvalue weighted by Gasteiger charge is -2.11. The average molecular weight is 282 g/mol. The van der Waals surface area contributed by atoms with E-state index >= 15 is 0 Å². The molecule has 0 fully saturated rings. The van der Waals surface area contributed by atoms with Crippen molar-refractivity contribution in [3.8, 4) is 0 Å². The maximum atomic E-state index is 11.7. The second-order valence-electron chi connectivity index (χ2n) is 4.32. The highest BCUT2D eigenvalue weighted by molar-refractivity contribution is 5.87. The lowest BCUT2D eigenvalue weighted by molar-refractivity contribution is -0.121. The molecule has 1 aromatic rings. The normalized spacial score (nSPS) is 10.3. The summed E-state index contributed by atoms with van der Waals surface area (Å²) < 4.78 is 6.30. The zero-order valence-electron chi connectivity index (χ0n) is 11.5. The minimum atomic E-state index is -1.30. The van der Waals surface area contributed by atoms with Crippen molar-refractivity contribution in [1.29, 1.82) is 0 Å². The highest BCUT2D eigenvalue weighted by Gasteiger charge is 2.12. The third kappa shape index (κ3) is 4.51. The number of hydrogen-bond acceptors (Lipinski definition) is 4. The number of aryl methyl sites for hydroxylation is 1. The van der Waals surface area contributed by atoms with Gasteiger partial charge in [0.1, 0.15) is 12.1 Å². The van der Waals surface area contributed by atoms with Crippen molar-refractivity contribution in [1.82, 2.24) is 9.88 Å². The van der Waals surface area contributed by atoms with E-state index in [-0.39, 0.29) is 18.0 Å². The summed E-state index contributed by atoms with van der Waals surface area (Å²) in [7, 11) is 1.58. The predicted octanol–water partition coefficient (Wildman–Crippen LogP) is 0.00762. The molecule has 0 radical (unpaired) electrons. The molecule has 0 unspecified atom stereocenters. The Morgan fingerprint density at radius 1 is 1.45 bits per heavy atom. The third-order valence-electron chi connectivity index (χ3n) is 2.74. The Kier molecular flexibility index (Phi) is 5.92. The lowest BCUT2D eigenvalue weighted by atomic mass is 10.2. The first-order chi connectivity index (χ1) is 9.45. The Balaban J connectivity index is 2.72. The van der Waals surface area contributed by atoms with Crippen molar-refractivity contribution >= 4 is 11.9 Å². The molecule has 0 atom stereocenters. The first-order valence-electron chi connectivity index (χ1n) is 6.15. The molecule has 0 bridgehead atoms. The van der Waals surface area contributed by atoms with Crippen LogP contribution in [-0.2, 0) is 16.1 Å². The number of carbonyl (C=O) groups excluding carboxylic acids is 1. The van der Waals surface area contributed by atoms with Crippen molar-refractivity contribution in [2.24, 2.45) is 0 Å². The van der Waals surface area contributed by atoms with Crippen LogP contribution in [0, 0.1) is 6.92 Å². The second kappa shape index (κ2) is 7.44. The van der Waals surface area contributed by atoms with Gasteiger partial charge in [0.15, 0.2) is 5.43 Å². The van der Waals surface area contributed by atoms with Gasteiger partial charge in [0, 0.05) is 38.2 Å². The number of methoxy groups -OCH3 is 1. The summed E-state index contributed by atoms with van der Waals surface area (Å²) in [6, 6.07) is 1.21. The molecule has 1 heterocycles. The molecule has 0 aliphatic heterocycles. The number of aromatic nitrogens is 1. The summed E-state index contributed by atoms with van der Waals surface area (Å²) in [5.74, 6) is -1.55. The molecule has 0 aliphatic carbocycles. The Hall–Kier alpha value is -2.15. The van der Waals surface area contributed by atoms with E-state index in [0.717, 1.165) is 0 Å². The summed E-state index contributed by atoms with van der Waals surface area (Å²) in [4.78, 5) is 34.0. The van der Waals surface area contributed by atoms with Gasteiger partial charge in [0.25, 0.3) is 0 Å². The fourth-order valence-electron chi connectivity index (χ4n) is 1.66. The molecule has 20 heavy (non-hydrogen) atoms. The second-order valence-corrected chi connectivity index (χ2v) is 4.32. The molecule has 1 amide bonds. The van der Waals surface area contributed by atoms with Gasteiger partial charge >= 0.3 is 5.97 Å². The summed E-state index contributed by atoms with van der Waals surface area (Å²) >= 11 is 0. The van der Waals surface area contributed by atoms with Crippen LogP contribution in [-0.4, -0.2) is 41.8 Å². The number of aromatic carboxylic acids is 1. The Bertz CT molecular complexity index is 550. The highest BCUT2D eigenvalue weighted by Crippen LogP contribution is 1.99. The molecule has 7 nitrogen and oxygen atoms in total. The quantitative estimate of drug-likeness (QED) is 0.686. The van der Waals surface area contributed by atoms with E-state index in [1.807, 2.05) is 0 Å². The van der Waals surface area contributed by atoms with Crippen LogP contribution in [0.4, 0.5) is 0 Å². The van der Waals surface area contributed by atoms with Crippen LogP contribution in [0.15, 0.2) is 17.1 Å². The molecular weight excluding hydrogens is 264 g/mol. The number of rotatable bonds is 7. The van der Waals surface area contributed by atoms with Gasteiger partial charge in [0.2, 0.25) is 5.91 Å². The molecule has 0 spiro atoms. The van der Waals surface area contributed by atoms with Crippen molar-refractivity contribution < 1.29 is 19.4 Å². The summed E-state index contributed by atoms with van der Waals surface area (Å²) in [5.41, 5.74) is -0.374. The molecule has 110 valence electrons. The summed E-state index contributed by atoms with van der Waals surface area (Å²) in [6.45, 7) is 2.66. The summed E-state index contributed by atoms with van der Waals surface area (Å²) in [6.07, 6.45) is 1.89. The summed E-state index contributed by atoms with van der Waals surface area (Å²) in [5, 5.41) is 11.6. The average Bonchev–Trinajstić information content (AvgIpc) is 2.37. The van der Waals surface area contributed by atoms with Crippen LogP contribution in [0.25, 0.3) is 0 Å². The predicted molar refractivity (Wildman–Crippen MR) is 71.9 cm³/mol. The van der Waals surface area contributed by atoms with Gasteiger partial charge in [-0.05, 0) is 13.3 Å². The van der Waals surface area contributed by atoms with Crippen LogP contribution in [0.5, 0.6) is 0 Å². The number of carbonyl (C=O) groups is 2. The van der Waals surface area contributed by atoms with E-state index < -0.39 is 11.4 Å². The third-order valence-corrected chi connectivity index (χ3v) is 2.74. The molecule has 0 aliphatic rings. The van der Waals surface area contributed by atoms with E-state index in [1.165, 1.54) is 16.8 Å². The Labute approximate surface area is 116 Å². The van der Waals surface area contributed by atoms with Crippen LogP contribution >= 0.6 is 0 Å². The zero-order chi connectivity index (χ0) is 15.1. The zero-order valence-corrected chi connectivity index (χ0v) is 11.5.